The van der Waals surface area contributed by atoms with Gasteiger partial charge < -0.3 is 4.42 Å². The Kier molecular flexibility index (Phi) is 1.90. The summed E-state index contributed by atoms with van der Waals surface area (Å²) in [5.41, 5.74) is 0.751. The fourth-order valence-electron chi connectivity index (χ4n) is 1.04. The molecule has 2 aromatic heterocycles. The summed E-state index contributed by atoms with van der Waals surface area (Å²) in [6, 6.07) is 3.42. The van der Waals surface area contributed by atoms with Crippen molar-refractivity contribution in [2.45, 2.75) is 0 Å². The van der Waals surface area contributed by atoms with Gasteiger partial charge in [-0.1, -0.05) is 11.6 Å². The highest BCUT2D eigenvalue weighted by Gasteiger charge is 2.14. The molecule has 0 saturated heterocycles. The van der Waals surface area contributed by atoms with Gasteiger partial charge in [0.25, 0.3) is 0 Å². The van der Waals surface area contributed by atoms with Gasteiger partial charge in [-0.15, -0.1) is 0 Å². The van der Waals surface area contributed by atoms with E-state index >= 15 is 0 Å². The van der Waals surface area contributed by atoms with Gasteiger partial charge >= 0.3 is 0 Å². The maximum atomic E-state index is 10.6. The summed E-state index contributed by atoms with van der Waals surface area (Å²) >= 11 is 5.67. The first kappa shape index (κ1) is 8.07. The molecule has 0 aliphatic heterocycles. The van der Waals surface area contributed by atoms with Crippen LogP contribution in [0.2, 0.25) is 5.15 Å². The van der Waals surface area contributed by atoms with Crippen molar-refractivity contribution in [2.75, 3.05) is 0 Å². The molecule has 0 saturated carbocycles. The second-order valence-electron chi connectivity index (χ2n) is 2.40. The largest absolute Gasteiger partial charge is 0.463 e. The van der Waals surface area contributed by atoms with Crippen LogP contribution in [0.4, 0.5) is 0 Å². The van der Waals surface area contributed by atoms with Crippen molar-refractivity contribution in [3.05, 3.63) is 29.1 Å². The van der Waals surface area contributed by atoms with Gasteiger partial charge in [0.2, 0.25) is 0 Å². The number of hydrogen-bond acceptors (Lipinski definition) is 3. The van der Waals surface area contributed by atoms with Crippen LogP contribution in [-0.4, -0.2) is 16.5 Å². The van der Waals surface area contributed by atoms with Crippen LogP contribution < -0.4 is 0 Å². The standard InChI is InChI=1S/C8H5ClN2O2/c9-8-5(4-12)7(10-11-8)6-2-1-3-13-6/h1-4H,(H,10,11). The Morgan fingerprint density at radius 3 is 3.08 bits per heavy atom. The van der Waals surface area contributed by atoms with Crippen molar-refractivity contribution in [3.63, 3.8) is 0 Å². The van der Waals surface area contributed by atoms with Crippen molar-refractivity contribution in [3.8, 4) is 11.5 Å². The molecule has 0 atom stereocenters. The topological polar surface area (TPSA) is 58.9 Å². The first-order valence-electron chi connectivity index (χ1n) is 3.56. The van der Waals surface area contributed by atoms with Crippen LogP contribution >= 0.6 is 11.6 Å². The zero-order valence-electron chi connectivity index (χ0n) is 6.45. The number of aromatic amines is 1. The minimum Gasteiger partial charge on any atom is -0.463 e. The summed E-state index contributed by atoms with van der Waals surface area (Å²) in [6.07, 6.45) is 2.15. The molecule has 2 rings (SSSR count). The van der Waals surface area contributed by atoms with Crippen LogP contribution in [0.15, 0.2) is 22.8 Å². The number of aromatic nitrogens is 2. The summed E-state index contributed by atoms with van der Waals surface area (Å²) in [7, 11) is 0. The molecule has 0 unspecified atom stereocenters. The minimum absolute atomic E-state index is 0.224. The normalized spacial score (nSPS) is 10.2. The van der Waals surface area contributed by atoms with E-state index in [2.05, 4.69) is 10.2 Å². The van der Waals surface area contributed by atoms with Crippen molar-refractivity contribution in [1.82, 2.24) is 10.2 Å². The van der Waals surface area contributed by atoms with Crippen LogP contribution in [0.25, 0.3) is 11.5 Å². The molecule has 13 heavy (non-hydrogen) atoms. The quantitative estimate of drug-likeness (QED) is 0.749. The summed E-state index contributed by atoms with van der Waals surface area (Å²) in [5, 5.41) is 6.57. The van der Waals surface area contributed by atoms with E-state index in [0.717, 1.165) is 0 Å². The third-order valence-corrected chi connectivity index (χ3v) is 1.92. The average molecular weight is 197 g/mol. The maximum absolute atomic E-state index is 10.6. The lowest BCUT2D eigenvalue weighted by atomic mass is 10.2. The lowest BCUT2D eigenvalue weighted by molar-refractivity contribution is 0.112. The number of carbonyl (C=O) groups excluding carboxylic acids is 1. The number of carbonyl (C=O) groups is 1. The van der Waals surface area contributed by atoms with Gasteiger partial charge in [-0.05, 0) is 12.1 Å². The van der Waals surface area contributed by atoms with Gasteiger partial charge in [0.05, 0.1) is 11.8 Å². The zero-order chi connectivity index (χ0) is 9.26. The molecular weight excluding hydrogens is 192 g/mol. The molecule has 0 spiro atoms. The monoisotopic (exact) mass is 196 g/mol. The molecule has 0 aromatic carbocycles. The Labute approximate surface area is 78.5 Å². The molecule has 5 heteroatoms. The van der Waals surface area contributed by atoms with E-state index in [1.807, 2.05) is 0 Å². The second kappa shape index (κ2) is 3.06. The van der Waals surface area contributed by atoms with Crippen LogP contribution in [0.3, 0.4) is 0 Å². The zero-order valence-corrected chi connectivity index (χ0v) is 7.21. The van der Waals surface area contributed by atoms with Crippen LogP contribution in [0, 0.1) is 0 Å². The Morgan fingerprint density at radius 1 is 1.62 bits per heavy atom. The maximum Gasteiger partial charge on any atom is 0.155 e. The highest BCUT2D eigenvalue weighted by Crippen LogP contribution is 2.24. The van der Waals surface area contributed by atoms with Crippen molar-refractivity contribution in [1.29, 1.82) is 0 Å². The van der Waals surface area contributed by atoms with Crippen LogP contribution in [0.1, 0.15) is 10.4 Å². The fraction of sp³-hybridized carbons (Fsp3) is 0. The average Bonchev–Trinajstić information content (AvgIpc) is 2.71. The van der Waals surface area contributed by atoms with E-state index < -0.39 is 0 Å². The van der Waals surface area contributed by atoms with Gasteiger partial charge in [0, 0.05) is 0 Å². The van der Waals surface area contributed by atoms with E-state index in [4.69, 9.17) is 16.0 Å². The summed E-state index contributed by atoms with van der Waals surface area (Å²) in [5.74, 6) is 0.519. The minimum atomic E-state index is 0.224. The summed E-state index contributed by atoms with van der Waals surface area (Å²) in [4.78, 5) is 10.6. The third-order valence-electron chi connectivity index (χ3n) is 1.63. The number of halogens is 1. The number of hydrogen-bond donors (Lipinski definition) is 1. The Balaban J connectivity index is 2.58. The molecule has 4 nitrogen and oxygen atoms in total. The third kappa shape index (κ3) is 1.25. The number of nitrogens with one attached hydrogen (secondary N) is 1. The Bertz CT molecular complexity index is 419. The molecule has 0 aliphatic rings. The Hall–Kier alpha value is -1.55. The molecular formula is C8H5ClN2O2. The molecule has 2 aromatic rings. The van der Waals surface area contributed by atoms with Gasteiger partial charge in [0.15, 0.2) is 12.0 Å². The predicted molar refractivity (Wildman–Crippen MR) is 46.7 cm³/mol. The number of H-pyrrole nitrogens is 1. The van der Waals surface area contributed by atoms with Crippen LogP contribution in [-0.2, 0) is 0 Å². The van der Waals surface area contributed by atoms with Gasteiger partial charge in [-0.2, -0.15) is 5.10 Å². The number of nitrogens with zero attached hydrogens (tertiary/aromatic N) is 1. The van der Waals surface area contributed by atoms with Crippen LogP contribution in [0.5, 0.6) is 0 Å². The summed E-state index contributed by atoms with van der Waals surface area (Å²) in [6.45, 7) is 0. The molecule has 0 fully saturated rings. The molecule has 1 N–H and O–H groups in total. The fourth-order valence-corrected chi connectivity index (χ4v) is 1.21. The SMILES string of the molecule is O=Cc1c(-c2ccco2)n[nH]c1Cl. The number of furan rings is 1. The smallest absolute Gasteiger partial charge is 0.155 e. The van der Waals surface area contributed by atoms with E-state index in [1.54, 1.807) is 12.1 Å². The Morgan fingerprint density at radius 2 is 2.46 bits per heavy atom. The molecule has 0 aliphatic carbocycles. The van der Waals surface area contributed by atoms with Gasteiger partial charge in [-0.25, -0.2) is 0 Å². The highest BCUT2D eigenvalue weighted by atomic mass is 35.5. The van der Waals surface area contributed by atoms with Crippen molar-refractivity contribution < 1.29 is 9.21 Å². The predicted octanol–water partition coefficient (Wildman–Crippen LogP) is 2.14. The van der Waals surface area contributed by atoms with E-state index in [9.17, 15) is 4.79 Å². The van der Waals surface area contributed by atoms with Crippen molar-refractivity contribution >= 4 is 17.9 Å². The summed E-state index contributed by atoms with van der Waals surface area (Å²) < 4.78 is 5.08. The number of aldehydes is 1. The first-order chi connectivity index (χ1) is 6.33. The molecule has 66 valence electrons. The van der Waals surface area contributed by atoms with E-state index in [0.29, 0.717) is 23.3 Å². The number of rotatable bonds is 2. The molecule has 2 heterocycles. The van der Waals surface area contributed by atoms with Gasteiger partial charge in [-0.3, -0.25) is 9.89 Å². The first-order valence-corrected chi connectivity index (χ1v) is 3.93. The molecule has 0 radical (unpaired) electrons. The molecule has 0 amide bonds. The van der Waals surface area contributed by atoms with Gasteiger partial charge in [0.1, 0.15) is 10.8 Å². The lowest BCUT2D eigenvalue weighted by Crippen LogP contribution is -1.81. The lowest BCUT2D eigenvalue weighted by Gasteiger charge is -1.89. The molecule has 0 bridgehead atoms. The highest BCUT2D eigenvalue weighted by molar-refractivity contribution is 6.32. The van der Waals surface area contributed by atoms with Crippen molar-refractivity contribution in [2.24, 2.45) is 0 Å². The van der Waals surface area contributed by atoms with E-state index in [-0.39, 0.29) is 5.15 Å². The van der Waals surface area contributed by atoms with E-state index in [1.165, 1.54) is 6.26 Å². The second-order valence-corrected chi connectivity index (χ2v) is 2.77.